The Balaban J connectivity index is 1.40. The molecule has 3 heterocycles. The first-order valence-electron chi connectivity index (χ1n) is 10.2. The van der Waals surface area contributed by atoms with Gasteiger partial charge in [0.25, 0.3) is 11.8 Å². The Labute approximate surface area is 174 Å². The molecule has 0 unspecified atom stereocenters. The zero-order chi connectivity index (χ0) is 21.1. The SMILES string of the molecule is CC1CCC2(CC1)NC(=O)N(NC(=O)CN(Cc1ccco1)Cc1ccco1)C2=O. The molecule has 2 aromatic heterocycles. The van der Waals surface area contributed by atoms with E-state index >= 15 is 0 Å². The molecule has 9 heteroatoms. The van der Waals surface area contributed by atoms with Gasteiger partial charge in [0.2, 0.25) is 0 Å². The molecule has 0 radical (unpaired) electrons. The Bertz CT molecular complexity index is 848. The molecule has 1 aliphatic carbocycles. The minimum Gasteiger partial charge on any atom is -0.468 e. The number of hydrazine groups is 1. The third-order valence-corrected chi connectivity index (χ3v) is 5.81. The number of hydrogen-bond donors (Lipinski definition) is 2. The second kappa shape index (κ2) is 8.35. The summed E-state index contributed by atoms with van der Waals surface area (Å²) in [5.74, 6) is 1.08. The van der Waals surface area contributed by atoms with Crippen molar-refractivity contribution >= 4 is 17.8 Å². The van der Waals surface area contributed by atoms with Gasteiger partial charge in [0.05, 0.1) is 32.2 Å². The van der Waals surface area contributed by atoms with Crippen LogP contribution in [0, 0.1) is 5.92 Å². The lowest BCUT2D eigenvalue weighted by Crippen LogP contribution is -2.52. The first-order valence-corrected chi connectivity index (χ1v) is 10.2. The van der Waals surface area contributed by atoms with E-state index in [9.17, 15) is 14.4 Å². The number of nitrogens with zero attached hydrogens (tertiary/aromatic N) is 2. The standard InChI is InChI=1S/C21H26N4O5/c1-15-6-8-21(9-7-15)19(27)25(20(28)22-21)23-18(26)14-24(12-16-4-2-10-29-16)13-17-5-3-11-30-17/h2-5,10-11,15H,6-9,12-14H2,1H3,(H,22,28)(H,23,26). The molecular weight excluding hydrogens is 388 g/mol. The number of hydrogen-bond acceptors (Lipinski definition) is 6. The van der Waals surface area contributed by atoms with Crippen LogP contribution in [0.2, 0.25) is 0 Å². The van der Waals surface area contributed by atoms with Crippen LogP contribution >= 0.6 is 0 Å². The van der Waals surface area contributed by atoms with Gasteiger partial charge < -0.3 is 14.2 Å². The zero-order valence-corrected chi connectivity index (χ0v) is 16.9. The van der Waals surface area contributed by atoms with Gasteiger partial charge in [0.1, 0.15) is 17.1 Å². The molecule has 1 saturated carbocycles. The molecule has 2 aliphatic rings. The average molecular weight is 414 g/mol. The first-order chi connectivity index (χ1) is 14.4. The predicted molar refractivity (Wildman–Crippen MR) is 105 cm³/mol. The summed E-state index contributed by atoms with van der Waals surface area (Å²) < 4.78 is 10.8. The van der Waals surface area contributed by atoms with Crippen LogP contribution in [0.25, 0.3) is 0 Å². The number of urea groups is 1. The zero-order valence-electron chi connectivity index (χ0n) is 16.9. The fourth-order valence-electron chi connectivity index (χ4n) is 4.09. The van der Waals surface area contributed by atoms with E-state index in [1.165, 1.54) is 0 Å². The normalized spacial score (nSPS) is 23.9. The van der Waals surface area contributed by atoms with Crippen LogP contribution in [0.3, 0.4) is 0 Å². The smallest absolute Gasteiger partial charge is 0.344 e. The fraction of sp³-hybridized carbons (Fsp3) is 0.476. The second-order valence-corrected chi connectivity index (χ2v) is 8.17. The monoisotopic (exact) mass is 414 g/mol. The van der Waals surface area contributed by atoms with Crippen LogP contribution in [0.15, 0.2) is 45.6 Å². The minimum absolute atomic E-state index is 0.0392. The molecule has 1 spiro atoms. The summed E-state index contributed by atoms with van der Waals surface area (Å²) in [6.45, 7) is 2.86. The highest BCUT2D eigenvalue weighted by atomic mass is 16.3. The number of amides is 4. The van der Waals surface area contributed by atoms with E-state index in [0.29, 0.717) is 43.4 Å². The van der Waals surface area contributed by atoms with E-state index in [-0.39, 0.29) is 12.5 Å². The number of carbonyl (C=O) groups is 3. The lowest BCUT2D eigenvalue weighted by atomic mass is 9.77. The van der Waals surface area contributed by atoms with E-state index in [0.717, 1.165) is 17.9 Å². The van der Waals surface area contributed by atoms with Gasteiger partial charge in [0, 0.05) is 0 Å². The molecule has 160 valence electrons. The van der Waals surface area contributed by atoms with Crippen LogP contribution in [-0.4, -0.2) is 39.8 Å². The van der Waals surface area contributed by atoms with Crippen LogP contribution < -0.4 is 10.7 Å². The molecule has 0 atom stereocenters. The van der Waals surface area contributed by atoms with E-state index in [2.05, 4.69) is 17.7 Å². The molecule has 4 rings (SSSR count). The molecule has 2 aromatic rings. The molecule has 30 heavy (non-hydrogen) atoms. The van der Waals surface area contributed by atoms with Crippen LogP contribution in [0.5, 0.6) is 0 Å². The summed E-state index contributed by atoms with van der Waals surface area (Å²) in [7, 11) is 0. The van der Waals surface area contributed by atoms with Gasteiger partial charge in [-0.25, -0.2) is 4.79 Å². The Kier molecular flexibility index (Phi) is 5.63. The molecule has 2 fully saturated rings. The third kappa shape index (κ3) is 4.25. The number of carbonyl (C=O) groups excluding carboxylic acids is 3. The third-order valence-electron chi connectivity index (χ3n) is 5.81. The molecule has 0 bridgehead atoms. The minimum atomic E-state index is -0.890. The van der Waals surface area contributed by atoms with Gasteiger partial charge in [-0.1, -0.05) is 6.92 Å². The average Bonchev–Trinajstić information content (AvgIpc) is 3.45. The molecule has 0 aromatic carbocycles. The van der Waals surface area contributed by atoms with E-state index in [1.54, 1.807) is 24.7 Å². The molecule has 9 nitrogen and oxygen atoms in total. The summed E-state index contributed by atoms with van der Waals surface area (Å²) >= 11 is 0. The van der Waals surface area contributed by atoms with Crippen molar-refractivity contribution in [2.45, 2.75) is 51.2 Å². The van der Waals surface area contributed by atoms with Crippen molar-refractivity contribution in [2.24, 2.45) is 5.92 Å². The van der Waals surface area contributed by atoms with Gasteiger partial charge >= 0.3 is 6.03 Å². The fourth-order valence-corrected chi connectivity index (χ4v) is 4.09. The quantitative estimate of drug-likeness (QED) is 0.674. The van der Waals surface area contributed by atoms with Crippen molar-refractivity contribution in [3.8, 4) is 0 Å². The summed E-state index contributed by atoms with van der Waals surface area (Å²) in [5, 5.41) is 3.63. The summed E-state index contributed by atoms with van der Waals surface area (Å²) in [4.78, 5) is 39.8. The van der Waals surface area contributed by atoms with Gasteiger partial charge in [-0.2, -0.15) is 5.01 Å². The molecule has 4 amide bonds. The highest BCUT2D eigenvalue weighted by Gasteiger charge is 2.52. The molecule has 1 aliphatic heterocycles. The Morgan fingerprint density at radius 1 is 1.17 bits per heavy atom. The second-order valence-electron chi connectivity index (χ2n) is 8.17. The number of furan rings is 2. The summed E-state index contributed by atoms with van der Waals surface area (Å²) in [5.41, 5.74) is 1.59. The predicted octanol–water partition coefficient (Wildman–Crippen LogP) is 2.41. The van der Waals surface area contributed by atoms with E-state index < -0.39 is 17.5 Å². The van der Waals surface area contributed by atoms with Crippen molar-refractivity contribution in [3.63, 3.8) is 0 Å². The van der Waals surface area contributed by atoms with E-state index in [4.69, 9.17) is 8.83 Å². The highest BCUT2D eigenvalue weighted by molar-refractivity contribution is 6.08. The van der Waals surface area contributed by atoms with Crippen molar-refractivity contribution in [1.82, 2.24) is 20.7 Å². The van der Waals surface area contributed by atoms with Gasteiger partial charge in [-0.15, -0.1) is 0 Å². The number of rotatable bonds is 7. The number of imide groups is 1. The van der Waals surface area contributed by atoms with Crippen molar-refractivity contribution in [3.05, 3.63) is 48.3 Å². The Morgan fingerprint density at radius 2 is 1.77 bits per heavy atom. The van der Waals surface area contributed by atoms with Gasteiger partial charge in [-0.3, -0.25) is 19.9 Å². The lowest BCUT2D eigenvalue weighted by molar-refractivity contribution is -0.140. The Morgan fingerprint density at radius 3 is 2.30 bits per heavy atom. The van der Waals surface area contributed by atoms with Crippen LogP contribution in [-0.2, 0) is 22.7 Å². The van der Waals surface area contributed by atoms with Crippen molar-refractivity contribution in [1.29, 1.82) is 0 Å². The first kappa shape index (κ1) is 20.2. The number of nitrogens with one attached hydrogen (secondary N) is 2. The maximum Gasteiger partial charge on any atom is 0.344 e. The maximum absolute atomic E-state index is 12.9. The Hall–Kier alpha value is -3.07. The molecule has 2 N–H and O–H groups in total. The van der Waals surface area contributed by atoms with Gasteiger partial charge in [-0.05, 0) is 55.9 Å². The van der Waals surface area contributed by atoms with Gasteiger partial charge in [0.15, 0.2) is 0 Å². The van der Waals surface area contributed by atoms with Crippen LogP contribution in [0.4, 0.5) is 4.79 Å². The molecular formula is C21H26N4O5. The topological polar surface area (TPSA) is 108 Å². The van der Waals surface area contributed by atoms with E-state index in [1.807, 2.05) is 17.0 Å². The lowest BCUT2D eigenvalue weighted by Gasteiger charge is -2.33. The largest absolute Gasteiger partial charge is 0.468 e. The van der Waals surface area contributed by atoms with Crippen molar-refractivity contribution < 1.29 is 23.2 Å². The maximum atomic E-state index is 12.9. The van der Waals surface area contributed by atoms with Crippen LogP contribution in [0.1, 0.15) is 44.1 Å². The van der Waals surface area contributed by atoms with Crippen molar-refractivity contribution in [2.75, 3.05) is 6.54 Å². The summed E-state index contributed by atoms with van der Waals surface area (Å²) in [6, 6.07) is 6.61. The highest BCUT2D eigenvalue weighted by Crippen LogP contribution is 2.35. The molecule has 1 saturated heterocycles. The summed E-state index contributed by atoms with van der Waals surface area (Å²) in [6.07, 6.45) is 6.06.